The second-order valence-corrected chi connectivity index (χ2v) is 7.39. The van der Waals surface area contributed by atoms with Crippen LogP contribution in [0.4, 0.5) is 4.39 Å². The molecule has 7 heteroatoms. The number of pyridine rings is 1. The topological polar surface area (TPSA) is 71.4 Å². The lowest BCUT2D eigenvalue weighted by Gasteiger charge is -2.28. The molecule has 28 heavy (non-hydrogen) atoms. The van der Waals surface area contributed by atoms with Crippen LogP contribution in [0.2, 0.25) is 0 Å². The van der Waals surface area contributed by atoms with Gasteiger partial charge in [-0.3, -0.25) is 23.9 Å². The highest BCUT2D eigenvalue weighted by Crippen LogP contribution is 2.30. The van der Waals surface area contributed by atoms with Gasteiger partial charge in [0.15, 0.2) is 0 Å². The van der Waals surface area contributed by atoms with Gasteiger partial charge in [-0.25, -0.2) is 4.39 Å². The summed E-state index contributed by atoms with van der Waals surface area (Å²) in [6.07, 6.45) is 4.75. The largest absolute Gasteiger partial charge is 0.316 e. The average Bonchev–Trinajstić information content (AvgIpc) is 3.55. The third kappa shape index (κ3) is 3.75. The summed E-state index contributed by atoms with van der Waals surface area (Å²) in [7, 11) is 0. The molecule has 0 radical (unpaired) electrons. The number of piperidine rings is 1. The van der Waals surface area contributed by atoms with E-state index in [1.165, 1.54) is 52.1 Å². The van der Waals surface area contributed by atoms with Crippen LogP contribution >= 0.6 is 0 Å². The number of imide groups is 1. The Morgan fingerprint density at radius 2 is 1.82 bits per heavy atom. The van der Waals surface area contributed by atoms with Crippen LogP contribution in [-0.4, -0.2) is 40.4 Å². The number of rotatable bonds is 4. The van der Waals surface area contributed by atoms with Crippen molar-refractivity contribution in [3.63, 3.8) is 0 Å². The van der Waals surface area contributed by atoms with Crippen molar-refractivity contribution in [2.75, 3.05) is 13.1 Å². The first kappa shape index (κ1) is 18.6. The third-order valence-electron chi connectivity index (χ3n) is 5.28. The lowest BCUT2D eigenvalue weighted by Crippen LogP contribution is -2.47. The molecule has 4 rings (SSSR count). The molecule has 146 valence electrons. The van der Waals surface area contributed by atoms with E-state index < -0.39 is 5.82 Å². The summed E-state index contributed by atoms with van der Waals surface area (Å²) in [6, 6.07) is 8.15. The molecule has 6 nitrogen and oxygen atoms in total. The maximum atomic E-state index is 13.2. The highest BCUT2D eigenvalue weighted by molar-refractivity contribution is 6.05. The first-order valence-electron chi connectivity index (χ1n) is 9.61. The van der Waals surface area contributed by atoms with E-state index in [1.807, 2.05) is 0 Å². The van der Waals surface area contributed by atoms with Crippen molar-refractivity contribution in [1.82, 2.24) is 14.8 Å². The summed E-state index contributed by atoms with van der Waals surface area (Å²) in [5.41, 5.74) is 0.402. The first-order valence-corrected chi connectivity index (χ1v) is 9.61. The van der Waals surface area contributed by atoms with Crippen LogP contribution in [0.15, 0.2) is 47.4 Å². The van der Waals surface area contributed by atoms with E-state index >= 15 is 0 Å². The van der Waals surface area contributed by atoms with E-state index in [1.54, 1.807) is 0 Å². The molecule has 1 aromatic carbocycles. The van der Waals surface area contributed by atoms with Crippen molar-refractivity contribution in [2.45, 2.75) is 31.7 Å². The molecule has 1 aliphatic carbocycles. The smallest absolute Gasteiger partial charge is 0.262 e. The van der Waals surface area contributed by atoms with Crippen LogP contribution in [0, 0.1) is 11.7 Å². The third-order valence-corrected chi connectivity index (χ3v) is 5.28. The Kier molecular flexibility index (Phi) is 5.09. The van der Waals surface area contributed by atoms with Gasteiger partial charge < -0.3 is 5.32 Å². The van der Waals surface area contributed by atoms with Crippen molar-refractivity contribution in [1.29, 1.82) is 0 Å². The van der Waals surface area contributed by atoms with Crippen molar-refractivity contribution in [2.24, 2.45) is 5.92 Å². The number of carbonyl (C=O) groups is 2. The number of hydrogen-bond donors (Lipinski definition) is 1. The Morgan fingerprint density at radius 3 is 2.46 bits per heavy atom. The molecule has 2 aromatic rings. The predicted octanol–water partition coefficient (Wildman–Crippen LogP) is 2.11. The fourth-order valence-corrected chi connectivity index (χ4v) is 3.59. The van der Waals surface area contributed by atoms with Gasteiger partial charge in [0.1, 0.15) is 5.82 Å². The van der Waals surface area contributed by atoms with Crippen LogP contribution in [-0.2, 0) is 4.79 Å². The van der Waals surface area contributed by atoms with Crippen molar-refractivity contribution >= 4 is 11.8 Å². The molecule has 1 atom stereocenters. The van der Waals surface area contributed by atoms with E-state index in [9.17, 15) is 18.8 Å². The van der Waals surface area contributed by atoms with E-state index in [2.05, 4.69) is 5.32 Å². The maximum Gasteiger partial charge on any atom is 0.262 e. The number of carbonyl (C=O) groups excluding carboxylic acids is 2. The van der Waals surface area contributed by atoms with Gasteiger partial charge >= 0.3 is 0 Å². The number of aromatic nitrogens is 1. The molecular formula is C21H22FN3O3. The highest BCUT2D eigenvalue weighted by Gasteiger charge is 2.40. The Hall–Kier alpha value is -2.80. The highest BCUT2D eigenvalue weighted by atomic mass is 19.1. The first-order chi connectivity index (χ1) is 13.5. The molecule has 0 spiro atoms. The summed E-state index contributed by atoms with van der Waals surface area (Å²) in [4.78, 5) is 39.8. The van der Waals surface area contributed by atoms with Gasteiger partial charge in [-0.15, -0.1) is 0 Å². The van der Waals surface area contributed by atoms with Gasteiger partial charge in [0.25, 0.3) is 11.5 Å². The Morgan fingerprint density at radius 1 is 1.07 bits per heavy atom. The van der Waals surface area contributed by atoms with Gasteiger partial charge in [-0.2, -0.15) is 0 Å². The van der Waals surface area contributed by atoms with Gasteiger partial charge in [0.05, 0.1) is 11.5 Å². The molecular weight excluding hydrogens is 361 g/mol. The minimum Gasteiger partial charge on any atom is -0.316 e. The average molecular weight is 383 g/mol. The SMILES string of the molecule is O=C(c1ccc(=O)n(-c2ccc(F)cc2)c1)N(C(=O)C1CCCNC1)C1CC1. The fourth-order valence-electron chi connectivity index (χ4n) is 3.59. The molecule has 2 aliphatic rings. The number of hydrogen-bond acceptors (Lipinski definition) is 4. The van der Waals surface area contributed by atoms with E-state index in [0.29, 0.717) is 12.2 Å². The zero-order chi connectivity index (χ0) is 19.7. The van der Waals surface area contributed by atoms with E-state index in [4.69, 9.17) is 0 Å². The lowest BCUT2D eigenvalue weighted by molar-refractivity contribution is -0.133. The van der Waals surface area contributed by atoms with Gasteiger partial charge in [0.2, 0.25) is 5.91 Å². The zero-order valence-corrected chi connectivity index (χ0v) is 15.4. The molecule has 1 aromatic heterocycles. The van der Waals surface area contributed by atoms with Crippen molar-refractivity contribution in [3.05, 3.63) is 64.3 Å². The number of amides is 2. The molecule has 2 amide bonds. The molecule has 0 bridgehead atoms. The molecule has 1 saturated carbocycles. The van der Waals surface area contributed by atoms with Gasteiger partial charge in [0, 0.05) is 30.5 Å². The summed E-state index contributed by atoms with van der Waals surface area (Å²) in [6.45, 7) is 1.48. The molecule has 1 unspecified atom stereocenters. The van der Waals surface area contributed by atoms with E-state index in [-0.39, 0.29) is 34.9 Å². The van der Waals surface area contributed by atoms with Crippen LogP contribution in [0.5, 0.6) is 0 Å². The van der Waals surface area contributed by atoms with Crippen molar-refractivity contribution < 1.29 is 14.0 Å². The summed E-state index contributed by atoms with van der Waals surface area (Å²) < 4.78 is 14.5. The lowest BCUT2D eigenvalue weighted by atomic mass is 9.97. The van der Waals surface area contributed by atoms with E-state index in [0.717, 1.165) is 32.2 Å². The van der Waals surface area contributed by atoms with Crippen LogP contribution in [0.3, 0.4) is 0 Å². The quantitative estimate of drug-likeness (QED) is 0.821. The van der Waals surface area contributed by atoms with Crippen LogP contribution in [0.1, 0.15) is 36.0 Å². The number of nitrogens with one attached hydrogen (secondary N) is 1. The minimum absolute atomic E-state index is 0.0619. The molecule has 1 N–H and O–H groups in total. The normalized spacial score (nSPS) is 19.2. The molecule has 2 heterocycles. The van der Waals surface area contributed by atoms with Crippen LogP contribution in [0.25, 0.3) is 5.69 Å². The van der Waals surface area contributed by atoms with Crippen LogP contribution < -0.4 is 10.9 Å². The zero-order valence-electron chi connectivity index (χ0n) is 15.4. The second kappa shape index (κ2) is 7.67. The maximum absolute atomic E-state index is 13.2. The standard InChI is InChI=1S/C21H22FN3O3/c22-16-4-6-17(7-5-16)24-13-15(3-10-19(24)26)21(28)25(18-8-9-18)20(27)14-2-1-11-23-12-14/h3-7,10,13-14,18,23H,1-2,8-9,11-12H2. The monoisotopic (exact) mass is 383 g/mol. The molecule has 1 aliphatic heterocycles. The number of nitrogens with zero attached hydrogens (tertiary/aromatic N) is 2. The molecule has 1 saturated heterocycles. The number of benzene rings is 1. The summed E-state index contributed by atoms with van der Waals surface area (Å²) in [5, 5.41) is 3.22. The van der Waals surface area contributed by atoms with Crippen molar-refractivity contribution in [3.8, 4) is 5.69 Å². The predicted molar refractivity (Wildman–Crippen MR) is 102 cm³/mol. The number of halogens is 1. The Labute approximate surface area is 162 Å². The van der Waals surface area contributed by atoms with Gasteiger partial charge in [-0.05, 0) is 62.6 Å². The second-order valence-electron chi connectivity index (χ2n) is 7.39. The fraction of sp³-hybridized carbons (Fsp3) is 0.381. The summed E-state index contributed by atoms with van der Waals surface area (Å²) in [5.74, 6) is -1.12. The Bertz CT molecular complexity index is 944. The molecule has 2 fully saturated rings. The summed E-state index contributed by atoms with van der Waals surface area (Å²) >= 11 is 0. The minimum atomic E-state index is -0.407. The Balaban J connectivity index is 1.64. The van der Waals surface area contributed by atoms with Gasteiger partial charge in [-0.1, -0.05) is 0 Å².